The molecular weight excluding hydrogens is 184 g/mol. The standard InChI is InChI=1S/C13H26N2/c1-3-12-8-7-10(2)15(12)13-6-4-5-11(13)9-14/h10-13H,3-9,14H2,1-2H3. The Morgan fingerprint density at radius 1 is 1.20 bits per heavy atom. The van der Waals surface area contributed by atoms with Crippen LogP contribution in [0.2, 0.25) is 0 Å². The lowest BCUT2D eigenvalue weighted by molar-refractivity contribution is 0.107. The van der Waals surface area contributed by atoms with Gasteiger partial charge in [0.2, 0.25) is 0 Å². The molecule has 0 spiro atoms. The summed E-state index contributed by atoms with van der Waals surface area (Å²) in [7, 11) is 0. The van der Waals surface area contributed by atoms with Gasteiger partial charge in [0.05, 0.1) is 0 Å². The summed E-state index contributed by atoms with van der Waals surface area (Å²) in [5.74, 6) is 0.777. The van der Waals surface area contributed by atoms with E-state index < -0.39 is 0 Å². The Balaban J connectivity index is 2.06. The highest BCUT2D eigenvalue weighted by atomic mass is 15.2. The van der Waals surface area contributed by atoms with Crippen molar-refractivity contribution in [2.75, 3.05) is 6.54 Å². The highest BCUT2D eigenvalue weighted by molar-refractivity contribution is 4.94. The molecule has 0 aromatic rings. The average Bonchev–Trinajstić information content (AvgIpc) is 2.82. The molecule has 1 aliphatic heterocycles. The number of rotatable bonds is 3. The van der Waals surface area contributed by atoms with Gasteiger partial charge in [-0.1, -0.05) is 13.3 Å². The van der Waals surface area contributed by atoms with Crippen molar-refractivity contribution in [1.82, 2.24) is 4.90 Å². The Hall–Kier alpha value is -0.0800. The van der Waals surface area contributed by atoms with Crippen molar-refractivity contribution in [3.63, 3.8) is 0 Å². The third-order valence-electron chi connectivity index (χ3n) is 4.62. The molecule has 0 aromatic carbocycles. The normalized spacial score (nSPS) is 42.6. The summed E-state index contributed by atoms with van der Waals surface area (Å²) < 4.78 is 0. The maximum atomic E-state index is 5.90. The second-order valence-corrected chi connectivity index (χ2v) is 5.43. The van der Waals surface area contributed by atoms with E-state index in [4.69, 9.17) is 5.73 Å². The van der Waals surface area contributed by atoms with Gasteiger partial charge in [-0.05, 0) is 51.5 Å². The summed E-state index contributed by atoms with van der Waals surface area (Å²) in [5, 5.41) is 0. The van der Waals surface area contributed by atoms with Gasteiger partial charge in [-0.3, -0.25) is 4.90 Å². The fourth-order valence-electron chi connectivity index (χ4n) is 3.79. The molecule has 4 atom stereocenters. The summed E-state index contributed by atoms with van der Waals surface area (Å²) in [6.07, 6.45) is 8.27. The van der Waals surface area contributed by atoms with Crippen LogP contribution >= 0.6 is 0 Å². The maximum absolute atomic E-state index is 5.90. The lowest BCUT2D eigenvalue weighted by Crippen LogP contribution is -2.46. The van der Waals surface area contributed by atoms with E-state index in [0.29, 0.717) is 0 Å². The topological polar surface area (TPSA) is 29.3 Å². The van der Waals surface area contributed by atoms with E-state index in [-0.39, 0.29) is 0 Å². The van der Waals surface area contributed by atoms with Crippen molar-refractivity contribution in [3.8, 4) is 0 Å². The molecule has 2 fully saturated rings. The first-order valence-electron chi connectivity index (χ1n) is 6.75. The van der Waals surface area contributed by atoms with Crippen molar-refractivity contribution < 1.29 is 0 Å². The lowest BCUT2D eigenvalue weighted by atomic mass is 10.00. The zero-order valence-electron chi connectivity index (χ0n) is 10.3. The van der Waals surface area contributed by atoms with Crippen LogP contribution in [0.25, 0.3) is 0 Å². The van der Waals surface area contributed by atoms with Crippen molar-refractivity contribution >= 4 is 0 Å². The number of nitrogens with two attached hydrogens (primary N) is 1. The van der Waals surface area contributed by atoms with E-state index in [2.05, 4.69) is 18.7 Å². The smallest absolute Gasteiger partial charge is 0.0141 e. The first-order valence-corrected chi connectivity index (χ1v) is 6.75. The van der Waals surface area contributed by atoms with Crippen LogP contribution in [0.5, 0.6) is 0 Å². The minimum atomic E-state index is 0.777. The van der Waals surface area contributed by atoms with Crippen molar-refractivity contribution in [2.24, 2.45) is 11.7 Å². The SMILES string of the molecule is CCC1CCC(C)N1C1CCCC1CN. The second kappa shape index (κ2) is 4.84. The first kappa shape index (κ1) is 11.4. The fraction of sp³-hybridized carbons (Fsp3) is 1.00. The van der Waals surface area contributed by atoms with Crippen LogP contribution in [0.3, 0.4) is 0 Å². The van der Waals surface area contributed by atoms with E-state index >= 15 is 0 Å². The minimum Gasteiger partial charge on any atom is -0.330 e. The summed E-state index contributed by atoms with van der Waals surface area (Å²) in [5.41, 5.74) is 5.90. The molecule has 2 nitrogen and oxygen atoms in total. The van der Waals surface area contributed by atoms with Crippen LogP contribution in [0, 0.1) is 5.92 Å². The van der Waals surface area contributed by atoms with Crippen LogP contribution in [0.1, 0.15) is 52.4 Å². The van der Waals surface area contributed by atoms with Crippen molar-refractivity contribution in [3.05, 3.63) is 0 Å². The van der Waals surface area contributed by atoms with E-state index in [1.807, 2.05) is 0 Å². The third kappa shape index (κ3) is 2.07. The molecular formula is C13H26N2. The Bertz CT molecular complexity index is 205. The molecule has 1 aliphatic carbocycles. The van der Waals surface area contributed by atoms with Gasteiger partial charge in [-0.25, -0.2) is 0 Å². The Kier molecular flexibility index (Phi) is 3.68. The largest absolute Gasteiger partial charge is 0.330 e. The summed E-state index contributed by atoms with van der Waals surface area (Å²) >= 11 is 0. The molecule has 2 N–H and O–H groups in total. The van der Waals surface area contributed by atoms with E-state index in [0.717, 1.165) is 30.6 Å². The van der Waals surface area contributed by atoms with Gasteiger partial charge < -0.3 is 5.73 Å². The van der Waals surface area contributed by atoms with E-state index in [1.54, 1.807) is 0 Å². The molecule has 1 heterocycles. The van der Waals surface area contributed by atoms with Crippen LogP contribution in [0.15, 0.2) is 0 Å². The van der Waals surface area contributed by atoms with Crippen LogP contribution in [-0.4, -0.2) is 29.6 Å². The van der Waals surface area contributed by atoms with Gasteiger partial charge in [0.15, 0.2) is 0 Å². The highest BCUT2D eigenvalue weighted by Crippen LogP contribution is 2.37. The van der Waals surface area contributed by atoms with E-state index in [1.165, 1.54) is 38.5 Å². The zero-order valence-corrected chi connectivity index (χ0v) is 10.3. The van der Waals surface area contributed by atoms with Crippen LogP contribution in [0.4, 0.5) is 0 Å². The molecule has 2 rings (SSSR count). The van der Waals surface area contributed by atoms with Gasteiger partial charge >= 0.3 is 0 Å². The fourth-order valence-corrected chi connectivity index (χ4v) is 3.79. The number of hydrogen-bond donors (Lipinski definition) is 1. The predicted molar refractivity (Wildman–Crippen MR) is 64.8 cm³/mol. The summed E-state index contributed by atoms with van der Waals surface area (Å²) in [6, 6.07) is 2.45. The number of likely N-dealkylation sites (tertiary alicyclic amines) is 1. The molecule has 0 radical (unpaired) electrons. The summed E-state index contributed by atoms with van der Waals surface area (Å²) in [4.78, 5) is 2.81. The highest BCUT2D eigenvalue weighted by Gasteiger charge is 2.39. The Morgan fingerprint density at radius 2 is 2.00 bits per heavy atom. The van der Waals surface area contributed by atoms with Crippen molar-refractivity contribution in [2.45, 2.75) is 70.5 Å². The van der Waals surface area contributed by atoms with Crippen LogP contribution in [-0.2, 0) is 0 Å². The van der Waals surface area contributed by atoms with Crippen molar-refractivity contribution in [1.29, 1.82) is 0 Å². The van der Waals surface area contributed by atoms with Gasteiger partial charge in [0.1, 0.15) is 0 Å². The Morgan fingerprint density at radius 3 is 2.67 bits per heavy atom. The molecule has 0 aromatic heterocycles. The second-order valence-electron chi connectivity index (χ2n) is 5.43. The molecule has 1 saturated heterocycles. The molecule has 0 bridgehead atoms. The monoisotopic (exact) mass is 210 g/mol. The maximum Gasteiger partial charge on any atom is 0.0141 e. The molecule has 0 amide bonds. The van der Waals surface area contributed by atoms with E-state index in [9.17, 15) is 0 Å². The zero-order chi connectivity index (χ0) is 10.8. The van der Waals surface area contributed by atoms with Gasteiger partial charge in [-0.2, -0.15) is 0 Å². The van der Waals surface area contributed by atoms with Gasteiger partial charge in [0.25, 0.3) is 0 Å². The predicted octanol–water partition coefficient (Wildman–Crippen LogP) is 2.38. The van der Waals surface area contributed by atoms with Gasteiger partial charge in [-0.15, -0.1) is 0 Å². The average molecular weight is 210 g/mol. The molecule has 1 saturated carbocycles. The van der Waals surface area contributed by atoms with Crippen LogP contribution < -0.4 is 5.73 Å². The third-order valence-corrected chi connectivity index (χ3v) is 4.62. The molecule has 4 unspecified atom stereocenters. The number of nitrogens with zero attached hydrogens (tertiary/aromatic N) is 1. The quantitative estimate of drug-likeness (QED) is 0.775. The lowest BCUT2D eigenvalue weighted by Gasteiger charge is -2.37. The Labute approximate surface area is 94.2 Å². The molecule has 2 heteroatoms. The molecule has 2 aliphatic rings. The summed E-state index contributed by atoms with van der Waals surface area (Å²) in [6.45, 7) is 5.63. The molecule has 15 heavy (non-hydrogen) atoms. The molecule has 88 valence electrons. The van der Waals surface area contributed by atoms with Gasteiger partial charge in [0, 0.05) is 18.1 Å². The number of hydrogen-bond acceptors (Lipinski definition) is 2. The minimum absolute atomic E-state index is 0.777. The first-order chi connectivity index (χ1) is 7.27.